The molecule has 2 heteroatoms. The third-order valence-electron chi connectivity index (χ3n) is 7.21. The fraction of sp³-hybridized carbons (Fsp3) is 0.657. The van der Waals surface area contributed by atoms with Gasteiger partial charge in [-0.25, -0.2) is 0 Å². The topological polar surface area (TPSA) is 18.5 Å². The molecule has 0 aromatic heterocycles. The van der Waals surface area contributed by atoms with Gasteiger partial charge in [-0.3, -0.25) is 0 Å². The summed E-state index contributed by atoms with van der Waals surface area (Å²) in [5.41, 5.74) is 2.73. The van der Waals surface area contributed by atoms with Crippen LogP contribution in [0.25, 0.3) is 0 Å². The van der Waals surface area contributed by atoms with E-state index < -0.39 is 0 Å². The SMILES string of the molecule is CC(C)CC(COCCCCCCCCCCCCCCCCc1ccccc1)OCc1ccccc1. The van der Waals surface area contributed by atoms with Crippen molar-refractivity contribution in [2.75, 3.05) is 13.2 Å². The van der Waals surface area contributed by atoms with Crippen molar-refractivity contribution < 1.29 is 9.47 Å². The Labute approximate surface area is 229 Å². The average molecular weight is 509 g/mol. The first-order chi connectivity index (χ1) is 18.2. The Balaban J connectivity index is 1.31. The van der Waals surface area contributed by atoms with Crippen LogP contribution in [0.4, 0.5) is 0 Å². The van der Waals surface area contributed by atoms with Gasteiger partial charge < -0.3 is 9.47 Å². The Morgan fingerprint density at radius 3 is 1.51 bits per heavy atom. The quantitative estimate of drug-likeness (QED) is 0.131. The molecule has 0 fully saturated rings. The van der Waals surface area contributed by atoms with E-state index in [0.29, 0.717) is 12.5 Å². The standard InChI is InChI=1S/C35H56O2/c1-32(2)29-35(37-30-34-26-20-16-21-27-34)31-36-28-22-14-12-10-8-6-4-3-5-7-9-11-13-17-23-33-24-18-15-19-25-33/h15-16,18-21,24-27,32,35H,3-14,17,22-23,28-31H2,1-2H3. The first-order valence-electron chi connectivity index (χ1n) is 15.5. The summed E-state index contributed by atoms with van der Waals surface area (Å²) in [7, 11) is 0. The highest BCUT2D eigenvalue weighted by atomic mass is 16.5. The summed E-state index contributed by atoms with van der Waals surface area (Å²) < 4.78 is 12.2. The van der Waals surface area contributed by atoms with Gasteiger partial charge in [0.25, 0.3) is 0 Å². The van der Waals surface area contributed by atoms with Crippen molar-refractivity contribution in [1.82, 2.24) is 0 Å². The van der Waals surface area contributed by atoms with E-state index in [1.165, 1.54) is 107 Å². The lowest BCUT2D eigenvalue weighted by Crippen LogP contribution is -2.22. The zero-order valence-electron chi connectivity index (χ0n) is 24.2. The zero-order chi connectivity index (χ0) is 26.2. The zero-order valence-corrected chi connectivity index (χ0v) is 24.2. The summed E-state index contributed by atoms with van der Waals surface area (Å²) in [4.78, 5) is 0. The predicted molar refractivity (Wildman–Crippen MR) is 160 cm³/mol. The molecule has 0 N–H and O–H groups in total. The summed E-state index contributed by atoms with van der Waals surface area (Å²) in [6.45, 7) is 6.79. The van der Waals surface area contributed by atoms with Gasteiger partial charge in [0.1, 0.15) is 0 Å². The fourth-order valence-electron chi connectivity index (χ4n) is 5.01. The maximum absolute atomic E-state index is 6.16. The minimum atomic E-state index is 0.194. The highest BCUT2D eigenvalue weighted by molar-refractivity contribution is 5.14. The van der Waals surface area contributed by atoms with Crippen LogP contribution in [0.2, 0.25) is 0 Å². The van der Waals surface area contributed by atoms with E-state index in [9.17, 15) is 0 Å². The number of hydrogen-bond acceptors (Lipinski definition) is 2. The molecule has 0 saturated heterocycles. The largest absolute Gasteiger partial charge is 0.379 e. The van der Waals surface area contributed by atoms with Crippen LogP contribution in [0.3, 0.4) is 0 Å². The first kappa shape index (κ1) is 31.6. The van der Waals surface area contributed by atoms with Gasteiger partial charge in [-0.05, 0) is 42.7 Å². The highest BCUT2D eigenvalue weighted by Gasteiger charge is 2.12. The van der Waals surface area contributed by atoms with Gasteiger partial charge in [-0.1, -0.05) is 152 Å². The molecule has 0 radical (unpaired) electrons. The fourth-order valence-corrected chi connectivity index (χ4v) is 5.01. The molecule has 0 aliphatic carbocycles. The molecular formula is C35H56O2. The lowest BCUT2D eigenvalue weighted by atomic mass is 10.0. The number of aryl methyl sites for hydroxylation is 1. The average Bonchev–Trinajstić information content (AvgIpc) is 2.91. The lowest BCUT2D eigenvalue weighted by Gasteiger charge is -2.20. The van der Waals surface area contributed by atoms with Crippen molar-refractivity contribution >= 4 is 0 Å². The predicted octanol–water partition coefficient (Wildman–Crippen LogP) is 10.3. The molecule has 0 aliphatic heterocycles. The van der Waals surface area contributed by atoms with Gasteiger partial charge in [0.15, 0.2) is 0 Å². The molecule has 1 atom stereocenters. The Bertz CT molecular complexity index is 727. The number of rotatable bonds is 24. The van der Waals surface area contributed by atoms with Crippen LogP contribution in [0.5, 0.6) is 0 Å². The van der Waals surface area contributed by atoms with Crippen molar-refractivity contribution in [2.24, 2.45) is 5.92 Å². The van der Waals surface area contributed by atoms with Crippen LogP contribution >= 0.6 is 0 Å². The van der Waals surface area contributed by atoms with Gasteiger partial charge in [-0.15, -0.1) is 0 Å². The van der Waals surface area contributed by atoms with Gasteiger partial charge in [-0.2, -0.15) is 0 Å². The number of ether oxygens (including phenoxy) is 2. The van der Waals surface area contributed by atoms with Crippen LogP contribution in [0, 0.1) is 5.92 Å². The molecule has 2 aromatic carbocycles. The van der Waals surface area contributed by atoms with E-state index in [-0.39, 0.29) is 6.10 Å². The van der Waals surface area contributed by atoms with Gasteiger partial charge in [0, 0.05) is 6.61 Å². The molecule has 0 amide bonds. The summed E-state index contributed by atoms with van der Waals surface area (Å²) >= 11 is 0. The molecule has 0 aliphatic rings. The van der Waals surface area contributed by atoms with Gasteiger partial charge >= 0.3 is 0 Å². The number of benzene rings is 2. The summed E-state index contributed by atoms with van der Waals surface area (Å²) in [5, 5.41) is 0. The van der Waals surface area contributed by atoms with E-state index in [2.05, 4.69) is 74.5 Å². The second-order valence-corrected chi connectivity index (χ2v) is 11.3. The maximum atomic E-state index is 6.16. The summed E-state index contributed by atoms with van der Waals surface area (Å²) in [5.74, 6) is 0.625. The Hall–Kier alpha value is -1.64. The third kappa shape index (κ3) is 18.3. The second kappa shape index (κ2) is 22.4. The van der Waals surface area contributed by atoms with E-state index in [1.54, 1.807) is 0 Å². The molecule has 2 nitrogen and oxygen atoms in total. The summed E-state index contributed by atoms with van der Waals surface area (Å²) in [6, 6.07) is 21.4. The Morgan fingerprint density at radius 2 is 1.00 bits per heavy atom. The van der Waals surface area contributed by atoms with Crippen LogP contribution in [0.1, 0.15) is 121 Å². The lowest BCUT2D eigenvalue weighted by molar-refractivity contribution is -0.0346. The van der Waals surface area contributed by atoms with Crippen molar-refractivity contribution in [3.05, 3.63) is 71.8 Å². The molecule has 0 bridgehead atoms. The van der Waals surface area contributed by atoms with Crippen molar-refractivity contribution in [3.8, 4) is 0 Å². The van der Waals surface area contributed by atoms with E-state index in [4.69, 9.17) is 9.47 Å². The Kier molecular flexibility index (Phi) is 19.1. The normalized spacial score (nSPS) is 12.3. The third-order valence-corrected chi connectivity index (χ3v) is 7.21. The molecule has 0 spiro atoms. The molecule has 1 unspecified atom stereocenters. The van der Waals surface area contributed by atoms with E-state index in [0.717, 1.165) is 19.6 Å². The van der Waals surface area contributed by atoms with Gasteiger partial charge in [0.05, 0.1) is 19.3 Å². The van der Waals surface area contributed by atoms with Crippen LogP contribution in [0.15, 0.2) is 60.7 Å². The Morgan fingerprint density at radius 1 is 0.541 bits per heavy atom. The monoisotopic (exact) mass is 508 g/mol. The minimum Gasteiger partial charge on any atom is -0.379 e. The van der Waals surface area contributed by atoms with Crippen molar-refractivity contribution in [3.63, 3.8) is 0 Å². The number of unbranched alkanes of at least 4 members (excludes halogenated alkanes) is 13. The highest BCUT2D eigenvalue weighted by Crippen LogP contribution is 2.15. The van der Waals surface area contributed by atoms with E-state index in [1.807, 2.05) is 0 Å². The molecule has 37 heavy (non-hydrogen) atoms. The van der Waals surface area contributed by atoms with Crippen LogP contribution in [-0.4, -0.2) is 19.3 Å². The van der Waals surface area contributed by atoms with Crippen LogP contribution < -0.4 is 0 Å². The first-order valence-corrected chi connectivity index (χ1v) is 15.5. The second-order valence-electron chi connectivity index (χ2n) is 11.3. The summed E-state index contributed by atoms with van der Waals surface area (Å²) in [6.07, 6.45) is 21.8. The molecule has 208 valence electrons. The van der Waals surface area contributed by atoms with E-state index >= 15 is 0 Å². The molecule has 2 aromatic rings. The minimum absolute atomic E-state index is 0.194. The smallest absolute Gasteiger partial charge is 0.0815 e. The van der Waals surface area contributed by atoms with Crippen molar-refractivity contribution in [1.29, 1.82) is 0 Å². The molecule has 0 saturated carbocycles. The van der Waals surface area contributed by atoms with Crippen LogP contribution in [-0.2, 0) is 22.5 Å². The van der Waals surface area contributed by atoms with Crippen molar-refractivity contribution in [2.45, 2.75) is 129 Å². The molecule has 0 heterocycles. The van der Waals surface area contributed by atoms with Gasteiger partial charge in [0.2, 0.25) is 0 Å². The number of hydrogen-bond donors (Lipinski definition) is 0. The molecular weight excluding hydrogens is 452 g/mol. The maximum Gasteiger partial charge on any atom is 0.0815 e. The molecule has 2 rings (SSSR count).